The maximum absolute atomic E-state index is 10.9. The minimum absolute atomic E-state index is 0.0610. The average molecular weight is 687 g/mol. The molecule has 0 amide bonds. The van der Waals surface area contributed by atoms with Gasteiger partial charge in [-0.1, -0.05) is 142 Å². The van der Waals surface area contributed by atoms with Crippen molar-refractivity contribution in [1.29, 1.82) is 0 Å². The molecule has 0 fully saturated rings. The number of phenols is 1. The molecule has 4 nitrogen and oxygen atoms in total. The van der Waals surface area contributed by atoms with E-state index in [2.05, 4.69) is 154 Å². The number of rotatable bonds is 6. The first-order chi connectivity index (χ1) is 22.2. The van der Waals surface area contributed by atoms with Gasteiger partial charge in [0, 0.05) is 21.9 Å². The zero-order valence-electron chi connectivity index (χ0n) is 33.4. The minimum atomic E-state index is -1.82. The van der Waals surface area contributed by atoms with E-state index in [0.29, 0.717) is 18.8 Å². The predicted molar refractivity (Wildman–Crippen MR) is 212 cm³/mol. The van der Waals surface area contributed by atoms with Crippen LogP contribution in [0.5, 0.6) is 5.75 Å². The number of fused-ring (bicyclic) bond motifs is 3. The lowest BCUT2D eigenvalue weighted by Crippen LogP contribution is -2.17. The van der Waals surface area contributed by atoms with Crippen molar-refractivity contribution < 1.29 is 18.0 Å². The van der Waals surface area contributed by atoms with E-state index < -0.39 is 8.24 Å². The van der Waals surface area contributed by atoms with Gasteiger partial charge in [-0.3, -0.25) is 4.52 Å². The summed E-state index contributed by atoms with van der Waals surface area (Å²) in [7, 11) is -1.82. The van der Waals surface area contributed by atoms with E-state index >= 15 is 0 Å². The minimum Gasteiger partial charge on any atom is -0.507 e. The summed E-state index contributed by atoms with van der Waals surface area (Å²) >= 11 is 0. The first-order valence-electron chi connectivity index (χ1n) is 17.9. The Morgan fingerprint density at radius 3 is 1.43 bits per heavy atom. The van der Waals surface area contributed by atoms with Crippen LogP contribution in [0.2, 0.25) is 0 Å². The fraction of sp³-hybridized carbons (Fsp3) is 0.545. The Hall–Kier alpha value is -2.94. The average Bonchev–Trinajstić information content (AvgIpc) is 3.09. The van der Waals surface area contributed by atoms with Gasteiger partial charge >= 0.3 is 8.24 Å². The van der Waals surface area contributed by atoms with Crippen molar-refractivity contribution in [2.24, 2.45) is 0 Å². The highest BCUT2D eigenvalue weighted by molar-refractivity contribution is 7.31. The quantitative estimate of drug-likeness (QED) is 0.205. The van der Waals surface area contributed by atoms with Crippen molar-refractivity contribution >= 4 is 30.2 Å². The van der Waals surface area contributed by atoms with Crippen molar-refractivity contribution in [2.75, 3.05) is 6.61 Å². The Morgan fingerprint density at radius 1 is 0.633 bits per heavy atom. The van der Waals surface area contributed by atoms with Crippen LogP contribution in [-0.4, -0.2) is 11.7 Å². The summed E-state index contributed by atoms with van der Waals surface area (Å²) in [6.45, 7) is 40.3. The van der Waals surface area contributed by atoms with E-state index in [1.165, 1.54) is 11.1 Å². The first kappa shape index (κ1) is 38.9. The molecule has 0 spiro atoms. The molecule has 0 unspecified atom stereocenters. The van der Waals surface area contributed by atoms with Crippen molar-refractivity contribution in [1.82, 2.24) is 0 Å². The predicted octanol–water partition coefficient (Wildman–Crippen LogP) is 13.3. The third-order valence-corrected chi connectivity index (χ3v) is 10.4. The summed E-state index contributed by atoms with van der Waals surface area (Å²) in [6, 6.07) is 13.5. The Morgan fingerprint density at radius 2 is 1.06 bits per heavy atom. The monoisotopic (exact) mass is 686 g/mol. The van der Waals surface area contributed by atoms with Crippen molar-refractivity contribution in [2.45, 2.75) is 151 Å². The van der Waals surface area contributed by atoms with E-state index in [1.54, 1.807) is 0 Å². The van der Waals surface area contributed by atoms with Crippen LogP contribution in [0, 0.1) is 0 Å². The Bertz CT molecular complexity index is 1810. The Kier molecular flexibility index (Phi) is 10.6. The first-order valence-corrected chi connectivity index (χ1v) is 19.0. The van der Waals surface area contributed by atoms with Crippen LogP contribution in [0.3, 0.4) is 0 Å². The topological polar surface area (TPSA) is 55.7 Å². The number of hydrogen-bond donors (Lipinski definition) is 1. The number of hydrogen-bond acceptors (Lipinski definition) is 4. The third-order valence-electron chi connectivity index (χ3n) is 9.41. The molecule has 5 heteroatoms. The second-order valence-electron chi connectivity index (χ2n) is 19.2. The molecule has 0 atom stereocenters. The largest absolute Gasteiger partial charge is 0.507 e. The van der Waals surface area contributed by atoms with Crippen molar-refractivity contribution in [3.05, 3.63) is 87.5 Å². The standard InChI is InChI=1S/C44H63O4P/c1-18-29-20-28(21-34(37(29)45)42(9,10)11)19-27(2)26-46-49-47-38-32(22-30(40(3,4)5)24-35(38)43(12,13)14)33-23-31(41(6,7)8)25-36(39(33)48-49)44(15,16)17/h20-25,45H,2,18-19,26H2,1,3-17H3. The molecular weight excluding hydrogens is 623 g/mol. The highest BCUT2D eigenvalue weighted by Gasteiger charge is 2.29. The lowest BCUT2D eigenvalue weighted by Gasteiger charge is -2.27. The summed E-state index contributed by atoms with van der Waals surface area (Å²) in [5, 5.41) is 13.1. The van der Waals surface area contributed by atoms with Crippen LogP contribution < -0.4 is 4.52 Å². The summed E-state index contributed by atoms with van der Waals surface area (Å²) in [4.78, 5) is 0. The Labute approximate surface area is 298 Å². The van der Waals surface area contributed by atoms with Gasteiger partial charge in [-0.05, 0) is 85.4 Å². The third kappa shape index (κ3) is 8.69. The van der Waals surface area contributed by atoms with E-state index in [1.807, 2.05) is 0 Å². The molecule has 1 heterocycles. The van der Waals surface area contributed by atoms with Crippen molar-refractivity contribution in [3.8, 4) is 5.75 Å². The smallest absolute Gasteiger partial charge is 0.387 e. The van der Waals surface area contributed by atoms with E-state index in [-0.39, 0.29) is 27.1 Å². The van der Waals surface area contributed by atoms with Gasteiger partial charge < -0.3 is 13.5 Å². The number of aryl methyl sites for hydroxylation is 1. The summed E-state index contributed by atoms with van der Waals surface area (Å²) in [6.07, 6.45) is 1.40. The van der Waals surface area contributed by atoms with Gasteiger partial charge in [0.2, 0.25) is 0 Å². The van der Waals surface area contributed by atoms with Crippen LogP contribution in [0.15, 0.2) is 56.9 Å². The van der Waals surface area contributed by atoms with E-state index in [0.717, 1.165) is 61.7 Å². The number of benzene rings is 3. The van der Waals surface area contributed by atoms with Crippen LogP contribution >= 0.6 is 8.24 Å². The Balaban J connectivity index is 1.97. The zero-order valence-corrected chi connectivity index (χ0v) is 34.3. The lowest BCUT2D eigenvalue weighted by atomic mass is 9.77. The fourth-order valence-electron chi connectivity index (χ4n) is 6.24. The van der Waals surface area contributed by atoms with Crippen LogP contribution in [0.4, 0.5) is 0 Å². The van der Waals surface area contributed by atoms with Gasteiger partial charge in [0.1, 0.15) is 16.9 Å². The molecule has 0 saturated carbocycles. The maximum Gasteiger partial charge on any atom is 0.387 e. The SMILES string of the molecule is C=C(COp1oc2c(C(C)(C)C)cc(C(C)(C)C)cc2c2cc(C(C)(C)C)cc(C(C)(C)C)c2o1)Cc1cc(CC)c(O)c(C(C)(C)C)c1. The van der Waals surface area contributed by atoms with Gasteiger partial charge in [0.15, 0.2) is 0 Å². The highest BCUT2D eigenvalue weighted by Crippen LogP contribution is 2.45. The molecule has 4 rings (SSSR count). The van der Waals surface area contributed by atoms with E-state index in [4.69, 9.17) is 12.9 Å². The van der Waals surface area contributed by atoms with Gasteiger partial charge in [-0.2, -0.15) is 0 Å². The molecule has 1 aromatic heterocycles. The van der Waals surface area contributed by atoms with Crippen LogP contribution in [0.25, 0.3) is 21.9 Å². The summed E-state index contributed by atoms with van der Waals surface area (Å²) in [5.41, 5.74) is 9.77. The maximum atomic E-state index is 10.9. The number of aromatic hydroxyl groups is 1. The van der Waals surface area contributed by atoms with Crippen molar-refractivity contribution in [3.63, 3.8) is 0 Å². The molecule has 49 heavy (non-hydrogen) atoms. The molecule has 3 aromatic carbocycles. The lowest BCUT2D eigenvalue weighted by molar-refractivity contribution is 0.400. The van der Waals surface area contributed by atoms with E-state index in [9.17, 15) is 5.11 Å². The molecule has 0 radical (unpaired) electrons. The molecule has 1 N–H and O–H groups in total. The van der Waals surface area contributed by atoms with Gasteiger partial charge in [-0.25, -0.2) is 0 Å². The highest BCUT2D eigenvalue weighted by atomic mass is 31.1. The molecule has 268 valence electrons. The van der Waals surface area contributed by atoms with Crippen LogP contribution in [-0.2, 0) is 39.9 Å². The van der Waals surface area contributed by atoms with Gasteiger partial charge in [-0.15, -0.1) is 0 Å². The second-order valence-corrected chi connectivity index (χ2v) is 20.2. The van der Waals surface area contributed by atoms with Gasteiger partial charge in [0.25, 0.3) is 0 Å². The molecule has 0 aliphatic heterocycles. The molecule has 4 aromatic rings. The zero-order chi connectivity index (χ0) is 37.1. The second kappa shape index (κ2) is 13.3. The molecular formula is C44H63O4P. The molecule has 0 bridgehead atoms. The fourth-order valence-corrected chi connectivity index (χ4v) is 7.36. The number of phenolic OH excluding ortho intramolecular Hbond substituents is 1. The van der Waals surface area contributed by atoms with Crippen LogP contribution in [0.1, 0.15) is 150 Å². The molecule has 0 aliphatic rings. The molecule has 0 aliphatic carbocycles. The summed E-state index contributed by atoms with van der Waals surface area (Å²) in [5.74, 6) is 0.398. The van der Waals surface area contributed by atoms with Gasteiger partial charge in [0.05, 0.1) is 6.61 Å². The normalized spacial score (nSPS) is 13.4. The summed E-state index contributed by atoms with van der Waals surface area (Å²) < 4.78 is 20.4. The molecule has 0 saturated heterocycles.